The van der Waals surface area contributed by atoms with Gasteiger partial charge in [0.25, 0.3) is 0 Å². The van der Waals surface area contributed by atoms with Gasteiger partial charge in [-0.15, -0.1) is 0 Å². The normalized spacial score (nSPS) is 20.6. The topological polar surface area (TPSA) is 55.4 Å². The van der Waals surface area contributed by atoms with Crippen molar-refractivity contribution in [2.24, 2.45) is 0 Å². The molecule has 1 aliphatic rings. The zero-order valence-electron chi connectivity index (χ0n) is 17.6. The van der Waals surface area contributed by atoms with E-state index in [4.69, 9.17) is 27.9 Å². The van der Waals surface area contributed by atoms with Crippen LogP contribution in [0.1, 0.15) is 46.9 Å². The van der Waals surface area contributed by atoms with Crippen LogP contribution >= 0.6 is 30.5 Å². The predicted molar refractivity (Wildman–Crippen MR) is 130 cm³/mol. The van der Waals surface area contributed by atoms with Crippen molar-refractivity contribution in [1.82, 2.24) is 5.09 Å². The van der Waals surface area contributed by atoms with Gasteiger partial charge in [0, 0.05) is 10.0 Å². The molecule has 4 rings (SSSR count). The third-order valence-electron chi connectivity index (χ3n) is 5.99. The number of hydrogen-bond acceptors (Lipinski definition) is 3. The Morgan fingerprint density at radius 2 is 1.38 bits per heavy atom. The molecule has 0 aliphatic carbocycles. The van der Waals surface area contributed by atoms with Gasteiger partial charge in [0.05, 0.1) is 18.4 Å². The van der Waals surface area contributed by atoms with Crippen LogP contribution in [0.25, 0.3) is 0 Å². The van der Waals surface area contributed by atoms with Gasteiger partial charge in [0.1, 0.15) is 6.04 Å². The molecule has 3 aromatic carbocycles. The molecule has 0 amide bonds. The Kier molecular flexibility index (Phi) is 7.07. The maximum atomic E-state index is 14.9. The molecule has 32 heavy (non-hydrogen) atoms. The van der Waals surface area contributed by atoms with E-state index in [-0.39, 0.29) is 11.3 Å². The molecule has 1 heterocycles. The molecule has 1 saturated heterocycles. The Hall–Kier alpha value is -2.10. The maximum Gasteiger partial charge on any atom is 0.327 e. The number of benzene rings is 3. The largest absolute Gasteiger partial charge is 0.468 e. The molecule has 0 radical (unpaired) electrons. The van der Waals surface area contributed by atoms with Crippen molar-refractivity contribution in [3.63, 3.8) is 0 Å². The van der Waals surface area contributed by atoms with Gasteiger partial charge in [0.2, 0.25) is 0 Å². The predicted octanol–water partition coefficient (Wildman–Crippen LogP) is 7.35. The Morgan fingerprint density at radius 1 is 0.906 bits per heavy atom. The number of rotatable bonds is 6. The molecular formula is C25H24Cl2NO3P. The molecule has 3 atom stereocenters. The highest BCUT2D eigenvalue weighted by Crippen LogP contribution is 2.74. The van der Waals surface area contributed by atoms with Gasteiger partial charge in [-0.2, -0.15) is 0 Å². The fourth-order valence-electron chi connectivity index (χ4n) is 4.55. The van der Waals surface area contributed by atoms with Crippen LogP contribution in [0.5, 0.6) is 0 Å². The molecule has 0 unspecified atom stereocenters. The molecule has 1 aliphatic heterocycles. The third-order valence-corrected chi connectivity index (χ3v) is 10.1. The fourth-order valence-corrected chi connectivity index (χ4v) is 8.84. The summed E-state index contributed by atoms with van der Waals surface area (Å²) in [5, 5.41) is 4.07. The second-order valence-electron chi connectivity index (χ2n) is 7.93. The van der Waals surface area contributed by atoms with E-state index in [1.807, 2.05) is 60.7 Å². The minimum Gasteiger partial charge on any atom is -0.468 e. The molecule has 4 nitrogen and oxygen atoms in total. The number of esters is 1. The highest BCUT2D eigenvalue weighted by molar-refractivity contribution is 7.63. The van der Waals surface area contributed by atoms with Gasteiger partial charge in [0.15, 0.2) is 7.29 Å². The van der Waals surface area contributed by atoms with Crippen LogP contribution in [0, 0.1) is 0 Å². The van der Waals surface area contributed by atoms with Crippen molar-refractivity contribution in [2.75, 3.05) is 7.11 Å². The monoisotopic (exact) mass is 487 g/mol. The highest BCUT2D eigenvalue weighted by atomic mass is 35.5. The molecule has 7 heteroatoms. The number of carbonyl (C=O) groups excluding carboxylic acids is 1. The van der Waals surface area contributed by atoms with Gasteiger partial charge in [-0.25, -0.2) is 9.88 Å². The number of methoxy groups -OCH3 is 1. The Bertz CT molecular complexity index is 1070. The summed E-state index contributed by atoms with van der Waals surface area (Å²) in [7, 11) is -1.87. The average molecular weight is 488 g/mol. The minimum absolute atomic E-state index is 0.226. The van der Waals surface area contributed by atoms with Crippen molar-refractivity contribution < 1.29 is 14.1 Å². The SMILES string of the molecule is COC(=O)[C@@H](NP1(=O)[C@H](c2ccccc2)CC[C@H]1c1ccccc1)c1cc(Cl)cc(Cl)c1. The van der Waals surface area contributed by atoms with E-state index in [1.165, 1.54) is 7.11 Å². The van der Waals surface area contributed by atoms with E-state index < -0.39 is 19.3 Å². The molecule has 0 aromatic heterocycles. The van der Waals surface area contributed by atoms with E-state index in [0.29, 0.717) is 15.6 Å². The molecular weight excluding hydrogens is 464 g/mol. The van der Waals surface area contributed by atoms with E-state index in [0.717, 1.165) is 24.0 Å². The summed E-state index contributed by atoms with van der Waals surface area (Å²) in [6, 6.07) is 23.6. The van der Waals surface area contributed by atoms with Crippen molar-refractivity contribution >= 4 is 36.5 Å². The van der Waals surface area contributed by atoms with Crippen molar-refractivity contribution in [3.05, 3.63) is 106 Å². The standard InChI is InChI=1S/C25H24Cl2NO3P/c1-31-25(29)24(19-14-20(26)16-21(27)15-19)28-32(30)22(17-8-4-2-5-9-17)12-13-23(32)18-10-6-3-7-11-18/h2-11,14-16,22-24H,12-13H2,1H3,(H,28,30)/t22-,23-,24-/m0/s1. The lowest BCUT2D eigenvalue weighted by Crippen LogP contribution is -2.29. The quantitative estimate of drug-likeness (QED) is 0.291. The van der Waals surface area contributed by atoms with Crippen LogP contribution in [-0.2, 0) is 14.1 Å². The Morgan fingerprint density at radius 3 is 1.81 bits per heavy atom. The summed E-state index contributed by atoms with van der Waals surface area (Å²) in [4.78, 5) is 12.9. The van der Waals surface area contributed by atoms with Gasteiger partial charge < -0.3 is 9.30 Å². The second-order valence-corrected chi connectivity index (χ2v) is 11.7. The first kappa shape index (κ1) is 23.1. The summed E-state index contributed by atoms with van der Waals surface area (Å²) in [5.74, 6) is -0.538. The smallest absolute Gasteiger partial charge is 0.327 e. The van der Waals surface area contributed by atoms with Gasteiger partial charge in [-0.1, -0.05) is 83.9 Å². The van der Waals surface area contributed by atoms with Crippen LogP contribution in [0.3, 0.4) is 0 Å². The van der Waals surface area contributed by atoms with Crippen LogP contribution in [0.2, 0.25) is 10.0 Å². The van der Waals surface area contributed by atoms with E-state index >= 15 is 0 Å². The van der Waals surface area contributed by atoms with E-state index in [9.17, 15) is 9.36 Å². The molecule has 1 fully saturated rings. The summed E-state index contributed by atoms with van der Waals surface area (Å²) in [5.41, 5.74) is 2.06. The fraction of sp³-hybridized carbons (Fsp3) is 0.240. The van der Waals surface area contributed by atoms with E-state index in [1.54, 1.807) is 18.2 Å². The number of hydrogen-bond donors (Lipinski definition) is 1. The van der Waals surface area contributed by atoms with Gasteiger partial charge >= 0.3 is 5.97 Å². The Balaban J connectivity index is 1.81. The van der Waals surface area contributed by atoms with Crippen molar-refractivity contribution in [2.45, 2.75) is 30.2 Å². The number of halogens is 2. The summed E-state index contributed by atoms with van der Waals surface area (Å²) < 4.78 is 19.9. The van der Waals surface area contributed by atoms with Gasteiger partial charge in [-0.3, -0.25) is 0 Å². The van der Waals surface area contributed by atoms with Crippen molar-refractivity contribution in [1.29, 1.82) is 0 Å². The molecule has 0 saturated carbocycles. The maximum absolute atomic E-state index is 14.9. The van der Waals surface area contributed by atoms with Crippen LogP contribution in [0.4, 0.5) is 0 Å². The first-order valence-electron chi connectivity index (χ1n) is 10.4. The number of carbonyl (C=O) groups is 1. The minimum atomic E-state index is -3.19. The molecule has 3 aromatic rings. The molecule has 166 valence electrons. The zero-order chi connectivity index (χ0) is 22.7. The van der Waals surface area contributed by atoms with E-state index in [2.05, 4.69) is 5.09 Å². The summed E-state index contributed by atoms with van der Waals surface area (Å²) in [6.07, 6.45) is 1.50. The lowest BCUT2D eigenvalue weighted by Gasteiger charge is -2.31. The third kappa shape index (κ3) is 4.65. The Labute approximate surface area is 198 Å². The van der Waals surface area contributed by atoms with Crippen LogP contribution in [0.15, 0.2) is 78.9 Å². The first-order chi connectivity index (χ1) is 15.4. The lowest BCUT2D eigenvalue weighted by molar-refractivity contribution is -0.142. The average Bonchev–Trinajstić information content (AvgIpc) is 3.14. The summed E-state index contributed by atoms with van der Waals surface area (Å²) in [6.45, 7) is 0. The van der Waals surface area contributed by atoms with Crippen molar-refractivity contribution in [3.8, 4) is 0 Å². The van der Waals surface area contributed by atoms with Crippen LogP contribution < -0.4 is 5.09 Å². The molecule has 0 bridgehead atoms. The second kappa shape index (κ2) is 9.80. The van der Waals surface area contributed by atoms with Gasteiger partial charge in [-0.05, 0) is 47.7 Å². The molecule has 0 spiro atoms. The molecule has 1 N–H and O–H groups in total. The van der Waals surface area contributed by atoms with Crippen LogP contribution in [-0.4, -0.2) is 13.1 Å². The zero-order valence-corrected chi connectivity index (χ0v) is 20.0. The highest BCUT2D eigenvalue weighted by Gasteiger charge is 2.49. The number of ether oxygens (including phenoxy) is 1. The summed E-state index contributed by atoms with van der Waals surface area (Å²) >= 11 is 12.4. The lowest BCUT2D eigenvalue weighted by atomic mass is 10.0. The number of nitrogens with one attached hydrogen (secondary N) is 1. The first-order valence-corrected chi connectivity index (χ1v) is 13.0.